The standard InChI is InChI=1S/C14H12ClNO2/c1-18-13-4-2-3-12(8-13)16-9-10-7-11(15)5-6-14(10)17/h2-9,17H,1H3. The molecule has 3 nitrogen and oxygen atoms in total. The van der Waals surface area contributed by atoms with Crippen LogP contribution >= 0.6 is 11.6 Å². The fourth-order valence-corrected chi connectivity index (χ4v) is 1.64. The van der Waals surface area contributed by atoms with E-state index in [1.54, 1.807) is 31.5 Å². The van der Waals surface area contributed by atoms with Crippen molar-refractivity contribution in [3.8, 4) is 11.5 Å². The Hall–Kier alpha value is -2.00. The fourth-order valence-electron chi connectivity index (χ4n) is 1.46. The predicted molar refractivity (Wildman–Crippen MR) is 73.4 cm³/mol. The number of ether oxygens (including phenoxy) is 1. The summed E-state index contributed by atoms with van der Waals surface area (Å²) in [6, 6.07) is 12.2. The molecule has 0 bridgehead atoms. The van der Waals surface area contributed by atoms with E-state index in [4.69, 9.17) is 16.3 Å². The van der Waals surface area contributed by atoms with Crippen molar-refractivity contribution in [3.05, 3.63) is 53.1 Å². The summed E-state index contributed by atoms with van der Waals surface area (Å²) in [6.07, 6.45) is 1.57. The van der Waals surface area contributed by atoms with Gasteiger partial charge in [-0.2, -0.15) is 0 Å². The lowest BCUT2D eigenvalue weighted by Gasteiger charge is -2.01. The molecule has 2 aromatic carbocycles. The van der Waals surface area contributed by atoms with Crippen LogP contribution in [0.5, 0.6) is 11.5 Å². The first-order valence-electron chi connectivity index (χ1n) is 5.35. The molecule has 0 saturated carbocycles. The van der Waals surface area contributed by atoms with Gasteiger partial charge in [0.25, 0.3) is 0 Å². The number of nitrogens with zero attached hydrogens (tertiary/aromatic N) is 1. The molecule has 2 aromatic rings. The molecule has 0 heterocycles. The normalized spacial score (nSPS) is 10.8. The van der Waals surface area contributed by atoms with Crippen LogP contribution < -0.4 is 4.74 Å². The van der Waals surface area contributed by atoms with Gasteiger partial charge in [0.2, 0.25) is 0 Å². The minimum Gasteiger partial charge on any atom is -0.507 e. The summed E-state index contributed by atoms with van der Waals surface area (Å²) in [5.74, 6) is 0.881. The highest BCUT2D eigenvalue weighted by Gasteiger charge is 1.99. The summed E-state index contributed by atoms with van der Waals surface area (Å²) in [4.78, 5) is 4.26. The van der Waals surface area contributed by atoms with Crippen LogP contribution in [0.15, 0.2) is 47.5 Å². The van der Waals surface area contributed by atoms with E-state index in [0.29, 0.717) is 10.6 Å². The van der Waals surface area contributed by atoms with Crippen LogP contribution in [0.25, 0.3) is 0 Å². The van der Waals surface area contributed by atoms with Crippen molar-refractivity contribution in [3.63, 3.8) is 0 Å². The summed E-state index contributed by atoms with van der Waals surface area (Å²) < 4.78 is 5.11. The van der Waals surface area contributed by atoms with Gasteiger partial charge in [-0.25, -0.2) is 0 Å². The number of rotatable bonds is 3. The lowest BCUT2D eigenvalue weighted by molar-refractivity contribution is 0.415. The number of phenols is 1. The molecule has 0 atom stereocenters. The Kier molecular flexibility index (Phi) is 3.85. The highest BCUT2D eigenvalue weighted by atomic mass is 35.5. The van der Waals surface area contributed by atoms with Gasteiger partial charge in [0, 0.05) is 22.9 Å². The van der Waals surface area contributed by atoms with Crippen molar-refractivity contribution in [2.45, 2.75) is 0 Å². The van der Waals surface area contributed by atoms with E-state index in [-0.39, 0.29) is 5.75 Å². The molecule has 0 radical (unpaired) electrons. The number of phenolic OH excluding ortho intramolecular Hbond substituents is 1. The van der Waals surface area contributed by atoms with Gasteiger partial charge in [-0.05, 0) is 30.3 Å². The second-order valence-corrected chi connectivity index (χ2v) is 4.10. The van der Waals surface area contributed by atoms with Gasteiger partial charge in [0.1, 0.15) is 11.5 Å². The molecule has 0 aromatic heterocycles. The van der Waals surface area contributed by atoms with Crippen molar-refractivity contribution >= 4 is 23.5 Å². The fraction of sp³-hybridized carbons (Fsp3) is 0.0714. The van der Waals surface area contributed by atoms with Gasteiger partial charge in [-0.15, -0.1) is 0 Å². The number of halogens is 1. The van der Waals surface area contributed by atoms with Crippen molar-refractivity contribution in [2.24, 2.45) is 4.99 Å². The Balaban J connectivity index is 2.26. The van der Waals surface area contributed by atoms with Crippen LogP contribution in [0.2, 0.25) is 5.02 Å². The second kappa shape index (κ2) is 5.56. The SMILES string of the molecule is COc1cccc(N=Cc2cc(Cl)ccc2O)c1. The average molecular weight is 262 g/mol. The summed E-state index contributed by atoms with van der Waals surface area (Å²) in [7, 11) is 1.60. The third-order valence-electron chi connectivity index (χ3n) is 2.40. The lowest BCUT2D eigenvalue weighted by atomic mass is 10.2. The van der Waals surface area contributed by atoms with Crippen LogP contribution in [-0.2, 0) is 0 Å². The molecular weight excluding hydrogens is 250 g/mol. The Labute approximate surface area is 110 Å². The topological polar surface area (TPSA) is 41.8 Å². The lowest BCUT2D eigenvalue weighted by Crippen LogP contribution is -1.83. The molecule has 0 unspecified atom stereocenters. The Morgan fingerprint density at radius 3 is 2.83 bits per heavy atom. The molecule has 0 aliphatic carbocycles. The van der Waals surface area contributed by atoms with Crippen molar-refractivity contribution in [2.75, 3.05) is 7.11 Å². The summed E-state index contributed by atoms with van der Waals surface area (Å²) in [6.45, 7) is 0. The molecular formula is C14H12ClNO2. The number of aliphatic imine (C=N–C) groups is 1. The monoisotopic (exact) mass is 261 g/mol. The number of hydrogen-bond donors (Lipinski definition) is 1. The number of methoxy groups -OCH3 is 1. The largest absolute Gasteiger partial charge is 0.507 e. The molecule has 0 aliphatic rings. The molecule has 4 heteroatoms. The summed E-state index contributed by atoms with van der Waals surface area (Å²) >= 11 is 5.85. The van der Waals surface area contributed by atoms with Gasteiger partial charge >= 0.3 is 0 Å². The number of aromatic hydroxyl groups is 1. The Bertz CT molecular complexity index is 582. The smallest absolute Gasteiger partial charge is 0.124 e. The van der Waals surface area contributed by atoms with Crippen LogP contribution in [0.1, 0.15) is 5.56 Å². The van der Waals surface area contributed by atoms with Crippen LogP contribution in [0, 0.1) is 0 Å². The molecule has 1 N–H and O–H groups in total. The van der Waals surface area contributed by atoms with E-state index in [1.165, 1.54) is 6.07 Å². The molecule has 0 amide bonds. The zero-order valence-electron chi connectivity index (χ0n) is 9.80. The van der Waals surface area contributed by atoms with E-state index in [9.17, 15) is 5.11 Å². The Morgan fingerprint density at radius 1 is 1.22 bits per heavy atom. The highest BCUT2D eigenvalue weighted by molar-refractivity contribution is 6.30. The van der Waals surface area contributed by atoms with Crippen molar-refractivity contribution in [1.29, 1.82) is 0 Å². The summed E-state index contributed by atoms with van der Waals surface area (Å²) in [5, 5.41) is 10.2. The maximum atomic E-state index is 9.64. The van der Waals surface area contributed by atoms with Gasteiger partial charge < -0.3 is 9.84 Å². The van der Waals surface area contributed by atoms with Gasteiger partial charge in [-0.3, -0.25) is 4.99 Å². The van der Waals surface area contributed by atoms with E-state index in [0.717, 1.165) is 11.4 Å². The molecule has 2 rings (SSSR count). The van der Waals surface area contributed by atoms with Crippen molar-refractivity contribution in [1.82, 2.24) is 0 Å². The van der Waals surface area contributed by atoms with E-state index in [1.807, 2.05) is 18.2 Å². The maximum Gasteiger partial charge on any atom is 0.124 e. The first kappa shape index (κ1) is 12.5. The Morgan fingerprint density at radius 2 is 2.06 bits per heavy atom. The van der Waals surface area contributed by atoms with Gasteiger partial charge in [0.05, 0.1) is 12.8 Å². The van der Waals surface area contributed by atoms with Crippen LogP contribution in [-0.4, -0.2) is 18.4 Å². The molecule has 0 aliphatic heterocycles. The first-order valence-corrected chi connectivity index (χ1v) is 5.73. The van der Waals surface area contributed by atoms with E-state index >= 15 is 0 Å². The zero-order chi connectivity index (χ0) is 13.0. The number of benzene rings is 2. The second-order valence-electron chi connectivity index (χ2n) is 3.66. The maximum absolute atomic E-state index is 9.64. The van der Waals surface area contributed by atoms with Crippen LogP contribution in [0.4, 0.5) is 5.69 Å². The average Bonchev–Trinajstić information content (AvgIpc) is 2.40. The van der Waals surface area contributed by atoms with Gasteiger partial charge in [0.15, 0.2) is 0 Å². The van der Waals surface area contributed by atoms with E-state index < -0.39 is 0 Å². The van der Waals surface area contributed by atoms with Crippen molar-refractivity contribution < 1.29 is 9.84 Å². The molecule has 0 saturated heterocycles. The third-order valence-corrected chi connectivity index (χ3v) is 2.63. The summed E-state index contributed by atoms with van der Waals surface area (Å²) in [5.41, 5.74) is 1.32. The third kappa shape index (κ3) is 3.02. The molecule has 92 valence electrons. The quantitative estimate of drug-likeness (QED) is 0.854. The molecule has 0 fully saturated rings. The first-order chi connectivity index (χ1) is 8.69. The minimum absolute atomic E-state index is 0.144. The molecule has 0 spiro atoms. The highest BCUT2D eigenvalue weighted by Crippen LogP contribution is 2.22. The predicted octanol–water partition coefficient (Wildman–Crippen LogP) is 3.80. The van der Waals surface area contributed by atoms with Crippen LogP contribution in [0.3, 0.4) is 0 Å². The van der Waals surface area contributed by atoms with Gasteiger partial charge in [-0.1, -0.05) is 17.7 Å². The number of hydrogen-bond acceptors (Lipinski definition) is 3. The zero-order valence-corrected chi connectivity index (χ0v) is 10.6. The van der Waals surface area contributed by atoms with E-state index in [2.05, 4.69) is 4.99 Å². The minimum atomic E-state index is 0.144. The molecule has 18 heavy (non-hydrogen) atoms.